The molecule has 24 heavy (non-hydrogen) atoms. The number of benzene rings is 1. The molecule has 7 nitrogen and oxygen atoms in total. The number of amides is 2. The van der Waals surface area contributed by atoms with E-state index >= 15 is 0 Å². The van der Waals surface area contributed by atoms with Crippen LogP contribution in [-0.2, 0) is 16.1 Å². The van der Waals surface area contributed by atoms with Crippen LogP contribution in [0.1, 0.15) is 12.3 Å². The second-order valence-corrected chi connectivity index (χ2v) is 5.92. The first-order chi connectivity index (χ1) is 11.6. The SMILES string of the molecule is CSCC[C@H](NC(N)=O)C(=O)OCc1ncc(-c2ccccc2)o1. The number of carbonyl (C=O) groups is 2. The second kappa shape index (κ2) is 8.97. The molecule has 0 radical (unpaired) electrons. The van der Waals surface area contributed by atoms with Crippen LogP contribution < -0.4 is 11.1 Å². The number of hydrogen-bond donors (Lipinski definition) is 2. The Labute approximate surface area is 144 Å². The fraction of sp³-hybridized carbons (Fsp3) is 0.312. The maximum atomic E-state index is 12.1. The molecule has 0 aliphatic heterocycles. The molecule has 0 aliphatic carbocycles. The van der Waals surface area contributed by atoms with Crippen molar-refractivity contribution in [1.82, 2.24) is 10.3 Å². The summed E-state index contributed by atoms with van der Waals surface area (Å²) in [6, 6.07) is 7.94. The first-order valence-electron chi connectivity index (χ1n) is 7.32. The summed E-state index contributed by atoms with van der Waals surface area (Å²) in [4.78, 5) is 27.1. The lowest BCUT2D eigenvalue weighted by Gasteiger charge is -2.15. The van der Waals surface area contributed by atoms with Crippen molar-refractivity contribution in [1.29, 1.82) is 0 Å². The minimum atomic E-state index is -0.779. The van der Waals surface area contributed by atoms with Gasteiger partial charge in [-0.3, -0.25) is 0 Å². The molecule has 1 atom stereocenters. The van der Waals surface area contributed by atoms with E-state index in [1.165, 1.54) is 0 Å². The maximum absolute atomic E-state index is 12.1. The topological polar surface area (TPSA) is 107 Å². The molecule has 0 fully saturated rings. The van der Waals surface area contributed by atoms with Gasteiger partial charge in [-0.2, -0.15) is 11.8 Å². The largest absolute Gasteiger partial charge is 0.454 e. The number of nitrogens with two attached hydrogens (primary N) is 1. The Morgan fingerprint density at radius 1 is 1.38 bits per heavy atom. The fourth-order valence-corrected chi connectivity index (χ4v) is 2.47. The molecule has 0 spiro atoms. The average Bonchev–Trinajstić information content (AvgIpc) is 3.06. The van der Waals surface area contributed by atoms with E-state index in [-0.39, 0.29) is 12.5 Å². The summed E-state index contributed by atoms with van der Waals surface area (Å²) in [5.41, 5.74) is 5.97. The minimum absolute atomic E-state index is 0.109. The number of aromatic nitrogens is 1. The predicted octanol–water partition coefficient (Wildman–Crippen LogP) is 2.17. The van der Waals surface area contributed by atoms with Gasteiger partial charge >= 0.3 is 12.0 Å². The Hall–Kier alpha value is -2.48. The van der Waals surface area contributed by atoms with E-state index in [1.807, 2.05) is 36.6 Å². The third-order valence-electron chi connectivity index (χ3n) is 3.16. The van der Waals surface area contributed by atoms with Crippen LogP contribution in [0.2, 0.25) is 0 Å². The second-order valence-electron chi connectivity index (χ2n) is 4.93. The molecular formula is C16H19N3O4S. The number of primary amides is 1. The zero-order valence-electron chi connectivity index (χ0n) is 13.2. The van der Waals surface area contributed by atoms with E-state index in [0.29, 0.717) is 17.9 Å². The Bertz CT molecular complexity index is 675. The summed E-state index contributed by atoms with van der Waals surface area (Å²) in [6.07, 6.45) is 3.92. The van der Waals surface area contributed by atoms with E-state index in [0.717, 1.165) is 5.56 Å². The third kappa shape index (κ3) is 5.31. The molecule has 0 bridgehead atoms. The highest BCUT2D eigenvalue weighted by molar-refractivity contribution is 7.98. The number of thioether (sulfide) groups is 1. The third-order valence-corrected chi connectivity index (χ3v) is 3.81. The standard InChI is InChI=1S/C16H19N3O4S/c1-24-8-7-12(19-16(17)21)15(20)22-10-14-18-9-13(23-14)11-5-3-2-4-6-11/h2-6,9,12H,7-8,10H2,1H3,(H3,17,19,21)/t12-/m0/s1. The number of carbonyl (C=O) groups excluding carboxylic acids is 2. The van der Waals surface area contributed by atoms with Gasteiger partial charge in [0.05, 0.1) is 6.20 Å². The van der Waals surface area contributed by atoms with Gasteiger partial charge < -0.3 is 20.2 Å². The molecule has 0 saturated heterocycles. The summed E-state index contributed by atoms with van der Waals surface area (Å²) in [5.74, 6) is 1.00. The van der Waals surface area contributed by atoms with Gasteiger partial charge in [-0.1, -0.05) is 30.3 Å². The van der Waals surface area contributed by atoms with Gasteiger partial charge in [0.2, 0.25) is 5.89 Å². The summed E-state index contributed by atoms with van der Waals surface area (Å²) in [6.45, 7) is -0.109. The lowest BCUT2D eigenvalue weighted by molar-refractivity contribution is -0.147. The van der Waals surface area contributed by atoms with Crippen molar-refractivity contribution in [2.75, 3.05) is 12.0 Å². The number of hydrogen-bond acceptors (Lipinski definition) is 6. The van der Waals surface area contributed by atoms with E-state index in [2.05, 4.69) is 10.3 Å². The highest BCUT2D eigenvalue weighted by Gasteiger charge is 2.21. The van der Waals surface area contributed by atoms with Crippen LogP contribution in [0.3, 0.4) is 0 Å². The molecule has 1 aromatic heterocycles. The Morgan fingerprint density at radius 3 is 2.79 bits per heavy atom. The van der Waals surface area contributed by atoms with Crippen molar-refractivity contribution in [2.45, 2.75) is 19.1 Å². The molecule has 0 aliphatic rings. The number of rotatable bonds is 8. The smallest absolute Gasteiger partial charge is 0.329 e. The van der Waals surface area contributed by atoms with Gasteiger partial charge in [0.1, 0.15) is 6.04 Å². The number of oxazole rings is 1. The van der Waals surface area contributed by atoms with Crippen molar-refractivity contribution >= 4 is 23.8 Å². The number of ether oxygens (including phenoxy) is 1. The van der Waals surface area contributed by atoms with Crippen molar-refractivity contribution < 1.29 is 18.7 Å². The molecule has 0 saturated carbocycles. The molecule has 2 amide bonds. The molecule has 1 aromatic carbocycles. The van der Waals surface area contributed by atoms with Crippen LogP contribution in [0.4, 0.5) is 4.79 Å². The van der Waals surface area contributed by atoms with Crippen LogP contribution in [0.15, 0.2) is 40.9 Å². The van der Waals surface area contributed by atoms with Crippen LogP contribution in [0.25, 0.3) is 11.3 Å². The zero-order chi connectivity index (χ0) is 17.4. The highest BCUT2D eigenvalue weighted by atomic mass is 32.2. The maximum Gasteiger partial charge on any atom is 0.329 e. The normalized spacial score (nSPS) is 11.7. The monoisotopic (exact) mass is 349 g/mol. The number of nitrogens with zero attached hydrogens (tertiary/aromatic N) is 1. The van der Waals surface area contributed by atoms with Gasteiger partial charge in [-0.05, 0) is 18.4 Å². The van der Waals surface area contributed by atoms with E-state index < -0.39 is 18.0 Å². The van der Waals surface area contributed by atoms with Crippen molar-refractivity contribution in [2.24, 2.45) is 5.73 Å². The molecule has 128 valence electrons. The predicted molar refractivity (Wildman–Crippen MR) is 91.2 cm³/mol. The quantitative estimate of drug-likeness (QED) is 0.707. The fourth-order valence-electron chi connectivity index (χ4n) is 2.00. The van der Waals surface area contributed by atoms with Gasteiger partial charge in [0, 0.05) is 5.56 Å². The molecule has 3 N–H and O–H groups in total. The number of nitrogens with one attached hydrogen (secondary N) is 1. The molecule has 8 heteroatoms. The highest BCUT2D eigenvalue weighted by Crippen LogP contribution is 2.20. The molecule has 1 heterocycles. The zero-order valence-corrected chi connectivity index (χ0v) is 14.0. The summed E-state index contributed by atoms with van der Waals surface area (Å²) < 4.78 is 10.7. The first kappa shape index (κ1) is 17.9. The van der Waals surface area contributed by atoms with Crippen LogP contribution in [-0.4, -0.2) is 35.0 Å². The van der Waals surface area contributed by atoms with Crippen molar-refractivity contribution in [3.63, 3.8) is 0 Å². The Kier molecular flexibility index (Phi) is 6.68. The molecular weight excluding hydrogens is 330 g/mol. The average molecular weight is 349 g/mol. The van der Waals surface area contributed by atoms with Crippen LogP contribution in [0, 0.1) is 0 Å². The van der Waals surface area contributed by atoms with Gasteiger partial charge in [-0.25, -0.2) is 14.6 Å². The lowest BCUT2D eigenvalue weighted by atomic mass is 10.2. The van der Waals surface area contributed by atoms with E-state index in [4.69, 9.17) is 14.9 Å². The first-order valence-corrected chi connectivity index (χ1v) is 8.71. The van der Waals surface area contributed by atoms with E-state index in [1.54, 1.807) is 18.0 Å². The Morgan fingerprint density at radius 2 is 2.12 bits per heavy atom. The molecule has 2 aromatic rings. The Balaban J connectivity index is 1.92. The van der Waals surface area contributed by atoms with Crippen LogP contribution >= 0.6 is 11.8 Å². The summed E-state index contributed by atoms with van der Waals surface area (Å²) >= 11 is 1.56. The van der Waals surface area contributed by atoms with Crippen molar-refractivity contribution in [3.8, 4) is 11.3 Å². The van der Waals surface area contributed by atoms with Crippen LogP contribution in [0.5, 0.6) is 0 Å². The lowest BCUT2D eigenvalue weighted by Crippen LogP contribution is -2.44. The minimum Gasteiger partial charge on any atom is -0.454 e. The van der Waals surface area contributed by atoms with E-state index in [9.17, 15) is 9.59 Å². The van der Waals surface area contributed by atoms with Gasteiger partial charge in [0.25, 0.3) is 0 Å². The number of urea groups is 1. The summed E-state index contributed by atoms with van der Waals surface area (Å²) in [7, 11) is 0. The number of esters is 1. The van der Waals surface area contributed by atoms with Crippen molar-refractivity contribution in [3.05, 3.63) is 42.4 Å². The van der Waals surface area contributed by atoms with Gasteiger partial charge in [-0.15, -0.1) is 0 Å². The summed E-state index contributed by atoms with van der Waals surface area (Å²) in [5, 5.41) is 2.38. The van der Waals surface area contributed by atoms with Gasteiger partial charge in [0.15, 0.2) is 12.4 Å². The molecule has 2 rings (SSSR count). The molecule has 0 unspecified atom stereocenters.